The topological polar surface area (TPSA) is 57.6 Å². The number of halogens is 1. The molecule has 1 atom stereocenters. The number of rotatable bonds is 4. The molecule has 4 nitrogen and oxygen atoms in total. The Morgan fingerprint density at radius 1 is 1.60 bits per heavy atom. The van der Waals surface area contributed by atoms with Crippen LogP contribution in [0.15, 0.2) is 20.1 Å². The van der Waals surface area contributed by atoms with Crippen LogP contribution in [-0.2, 0) is 10.0 Å². The number of thiophene rings is 1. The Morgan fingerprint density at radius 2 is 2.20 bits per heavy atom. The van der Waals surface area contributed by atoms with Gasteiger partial charge in [-0.1, -0.05) is 0 Å². The van der Waals surface area contributed by atoms with E-state index in [1.807, 2.05) is 0 Å². The van der Waals surface area contributed by atoms with E-state index in [-0.39, 0.29) is 10.8 Å². The molecule has 0 aliphatic heterocycles. The Kier molecular flexibility index (Phi) is 4.30. The van der Waals surface area contributed by atoms with Gasteiger partial charge in [0, 0.05) is 13.1 Å². The van der Waals surface area contributed by atoms with Gasteiger partial charge in [0.1, 0.15) is 4.21 Å². The third-order valence-electron chi connectivity index (χ3n) is 2.07. The molecule has 0 fully saturated rings. The van der Waals surface area contributed by atoms with Gasteiger partial charge < -0.3 is 5.11 Å². The second kappa shape index (κ2) is 4.92. The lowest BCUT2D eigenvalue weighted by Crippen LogP contribution is -2.36. The Balaban J connectivity index is 3.03. The van der Waals surface area contributed by atoms with Gasteiger partial charge in [0.05, 0.1) is 10.4 Å². The van der Waals surface area contributed by atoms with Gasteiger partial charge >= 0.3 is 0 Å². The van der Waals surface area contributed by atoms with E-state index in [0.717, 1.165) is 15.1 Å². The van der Waals surface area contributed by atoms with Gasteiger partial charge in [0.2, 0.25) is 0 Å². The molecular weight excluding hydrogens is 302 g/mol. The van der Waals surface area contributed by atoms with Gasteiger partial charge in [-0.25, -0.2) is 8.42 Å². The predicted octanol–water partition coefficient (Wildman–Crippen LogP) is 1.51. The van der Waals surface area contributed by atoms with E-state index in [1.54, 1.807) is 19.1 Å². The number of aliphatic hydroxyl groups is 1. The van der Waals surface area contributed by atoms with E-state index >= 15 is 0 Å². The van der Waals surface area contributed by atoms with Crippen LogP contribution < -0.4 is 0 Å². The second-order valence-electron chi connectivity index (χ2n) is 3.11. The first-order chi connectivity index (χ1) is 6.89. The number of nitrogens with zero attached hydrogens (tertiary/aromatic N) is 1. The first-order valence-corrected chi connectivity index (χ1v) is 7.28. The number of hydrogen-bond donors (Lipinski definition) is 1. The lowest BCUT2D eigenvalue weighted by molar-refractivity contribution is 0.214. The van der Waals surface area contributed by atoms with Crippen LogP contribution in [0.1, 0.15) is 6.92 Å². The highest BCUT2D eigenvalue weighted by Crippen LogP contribution is 2.28. The van der Waals surface area contributed by atoms with E-state index in [9.17, 15) is 8.42 Å². The minimum atomic E-state index is -3.47. The van der Waals surface area contributed by atoms with E-state index in [1.165, 1.54) is 11.4 Å². The highest BCUT2D eigenvalue weighted by atomic mass is 79.9. The molecule has 86 valence electrons. The highest BCUT2D eigenvalue weighted by molar-refractivity contribution is 9.11. The van der Waals surface area contributed by atoms with Crippen LogP contribution in [0, 0.1) is 0 Å². The summed E-state index contributed by atoms with van der Waals surface area (Å²) in [5.41, 5.74) is 0. The van der Waals surface area contributed by atoms with Crippen LogP contribution in [0.2, 0.25) is 0 Å². The summed E-state index contributed by atoms with van der Waals surface area (Å²) < 4.78 is 26.1. The minimum Gasteiger partial charge on any atom is -0.395 e. The van der Waals surface area contributed by atoms with Crippen LogP contribution in [0.4, 0.5) is 0 Å². The summed E-state index contributed by atoms with van der Waals surface area (Å²) in [5, 5.41) is 8.91. The zero-order valence-electron chi connectivity index (χ0n) is 8.34. The Labute approximate surface area is 102 Å². The van der Waals surface area contributed by atoms with Gasteiger partial charge in [-0.15, -0.1) is 11.3 Å². The maximum Gasteiger partial charge on any atom is 0.252 e. The molecule has 1 unspecified atom stereocenters. The zero-order chi connectivity index (χ0) is 11.6. The van der Waals surface area contributed by atoms with Crippen molar-refractivity contribution in [2.24, 2.45) is 0 Å². The van der Waals surface area contributed by atoms with Gasteiger partial charge in [0.25, 0.3) is 10.0 Å². The predicted molar refractivity (Wildman–Crippen MR) is 63.5 cm³/mol. The molecule has 1 aromatic heterocycles. The number of hydrogen-bond acceptors (Lipinski definition) is 4. The average molecular weight is 314 g/mol. The van der Waals surface area contributed by atoms with Crippen LogP contribution in [0.3, 0.4) is 0 Å². The van der Waals surface area contributed by atoms with Gasteiger partial charge in [-0.3, -0.25) is 0 Å². The second-order valence-corrected chi connectivity index (χ2v) is 7.80. The lowest BCUT2D eigenvalue weighted by Gasteiger charge is -2.21. The first kappa shape index (κ1) is 13.1. The SMILES string of the molecule is CC(CO)N(C)S(=O)(=O)c1ccc(Br)s1. The Hall–Kier alpha value is 0.0500. The van der Waals surface area contributed by atoms with Crippen molar-refractivity contribution in [3.63, 3.8) is 0 Å². The lowest BCUT2D eigenvalue weighted by atomic mass is 10.4. The smallest absolute Gasteiger partial charge is 0.252 e. The maximum absolute atomic E-state index is 12.0. The first-order valence-electron chi connectivity index (χ1n) is 4.24. The van der Waals surface area contributed by atoms with E-state index < -0.39 is 16.1 Å². The van der Waals surface area contributed by atoms with Crippen molar-refractivity contribution in [2.45, 2.75) is 17.2 Å². The van der Waals surface area contributed by atoms with E-state index in [0.29, 0.717) is 0 Å². The molecule has 0 amide bonds. The molecule has 15 heavy (non-hydrogen) atoms. The molecule has 1 heterocycles. The van der Waals surface area contributed by atoms with Crippen LogP contribution in [0.5, 0.6) is 0 Å². The van der Waals surface area contributed by atoms with Crippen molar-refractivity contribution < 1.29 is 13.5 Å². The van der Waals surface area contributed by atoms with Gasteiger partial charge in [0.15, 0.2) is 0 Å². The largest absolute Gasteiger partial charge is 0.395 e. The summed E-state index contributed by atoms with van der Waals surface area (Å²) in [6, 6.07) is 2.82. The summed E-state index contributed by atoms with van der Waals surface area (Å²) in [4.78, 5) is 0. The molecule has 0 aliphatic rings. The molecule has 0 saturated carbocycles. The standard InChI is InChI=1S/C8H12BrNO3S2/c1-6(5-11)10(2)15(12,13)8-4-3-7(9)14-8/h3-4,6,11H,5H2,1-2H3. The van der Waals surface area contributed by atoms with Crippen LogP contribution in [0.25, 0.3) is 0 Å². The summed E-state index contributed by atoms with van der Waals surface area (Å²) in [5.74, 6) is 0. The van der Waals surface area contributed by atoms with Crippen molar-refractivity contribution in [1.82, 2.24) is 4.31 Å². The van der Waals surface area contributed by atoms with Crippen molar-refractivity contribution >= 4 is 37.3 Å². The molecule has 0 radical (unpaired) electrons. The van der Waals surface area contributed by atoms with E-state index in [2.05, 4.69) is 15.9 Å². The highest BCUT2D eigenvalue weighted by Gasteiger charge is 2.26. The summed E-state index contributed by atoms with van der Waals surface area (Å²) >= 11 is 4.37. The average Bonchev–Trinajstić information content (AvgIpc) is 2.63. The molecule has 0 bridgehead atoms. The third-order valence-corrected chi connectivity index (χ3v) is 6.13. The van der Waals surface area contributed by atoms with Crippen molar-refractivity contribution in [2.75, 3.05) is 13.7 Å². The quantitative estimate of drug-likeness (QED) is 0.916. The maximum atomic E-state index is 12.0. The normalized spacial score (nSPS) is 14.5. The molecule has 1 N–H and O–H groups in total. The Morgan fingerprint density at radius 3 is 2.60 bits per heavy atom. The van der Waals surface area contributed by atoms with Crippen LogP contribution >= 0.6 is 27.3 Å². The van der Waals surface area contributed by atoms with Gasteiger partial charge in [-0.2, -0.15) is 4.31 Å². The summed E-state index contributed by atoms with van der Waals surface area (Å²) in [7, 11) is -2.01. The third kappa shape index (κ3) is 2.79. The van der Waals surface area contributed by atoms with E-state index in [4.69, 9.17) is 5.11 Å². The molecule has 0 aromatic carbocycles. The molecule has 0 saturated heterocycles. The molecular formula is C8H12BrNO3S2. The van der Waals surface area contributed by atoms with Crippen LogP contribution in [-0.4, -0.2) is 37.5 Å². The van der Waals surface area contributed by atoms with Gasteiger partial charge in [-0.05, 0) is 35.0 Å². The molecule has 0 spiro atoms. The fourth-order valence-corrected chi connectivity index (χ4v) is 4.48. The number of sulfonamides is 1. The van der Waals surface area contributed by atoms with Crippen molar-refractivity contribution in [1.29, 1.82) is 0 Å². The molecule has 1 aromatic rings. The minimum absolute atomic E-state index is 0.192. The molecule has 1 rings (SSSR count). The zero-order valence-corrected chi connectivity index (χ0v) is 11.6. The summed E-state index contributed by atoms with van der Waals surface area (Å²) in [6.45, 7) is 1.46. The molecule has 7 heteroatoms. The number of likely N-dealkylation sites (N-methyl/N-ethyl adjacent to an activating group) is 1. The fourth-order valence-electron chi connectivity index (χ4n) is 0.930. The van der Waals surface area contributed by atoms with Crippen molar-refractivity contribution in [3.8, 4) is 0 Å². The monoisotopic (exact) mass is 313 g/mol. The van der Waals surface area contributed by atoms with Crippen molar-refractivity contribution in [3.05, 3.63) is 15.9 Å². The molecule has 0 aliphatic carbocycles. The number of aliphatic hydroxyl groups excluding tert-OH is 1. The Bertz CT molecular complexity index is 429. The summed E-state index contributed by atoms with van der Waals surface area (Å²) in [6.07, 6.45) is 0. The fraction of sp³-hybridized carbons (Fsp3) is 0.500.